The normalized spacial score (nSPS) is 15.2. The molecule has 3 aromatic rings. The molecule has 1 aliphatic rings. The van der Waals surface area contributed by atoms with Gasteiger partial charge in [-0.05, 0) is 38.1 Å². The molecule has 2 aromatic heterocycles. The zero-order chi connectivity index (χ0) is 20.2. The van der Waals surface area contributed by atoms with Crippen molar-refractivity contribution in [1.82, 2.24) is 20.1 Å². The Labute approximate surface area is 170 Å². The Hall–Kier alpha value is -3.19. The number of nitrogens with zero attached hydrogens (tertiary/aromatic N) is 4. The van der Waals surface area contributed by atoms with Gasteiger partial charge in [0.1, 0.15) is 0 Å². The fourth-order valence-electron chi connectivity index (χ4n) is 3.66. The summed E-state index contributed by atoms with van der Waals surface area (Å²) < 4.78 is 7.23. The number of pyridine rings is 1. The van der Waals surface area contributed by atoms with Crippen molar-refractivity contribution in [1.29, 1.82) is 0 Å². The number of nitrogens with one attached hydrogen (secondary N) is 1. The van der Waals surface area contributed by atoms with Crippen LogP contribution in [0, 0.1) is 6.92 Å². The van der Waals surface area contributed by atoms with Crippen molar-refractivity contribution in [3.05, 3.63) is 71.7 Å². The van der Waals surface area contributed by atoms with Gasteiger partial charge in [-0.15, -0.1) is 0 Å². The van der Waals surface area contributed by atoms with Crippen LogP contribution < -0.4 is 10.2 Å². The molecule has 1 amide bonds. The van der Waals surface area contributed by atoms with E-state index in [2.05, 4.69) is 20.3 Å². The van der Waals surface area contributed by atoms with Gasteiger partial charge in [-0.2, -0.15) is 5.10 Å². The maximum atomic E-state index is 13.1. The van der Waals surface area contributed by atoms with Crippen molar-refractivity contribution in [3.8, 4) is 5.82 Å². The molecule has 1 aromatic carbocycles. The van der Waals surface area contributed by atoms with Gasteiger partial charge in [-0.3, -0.25) is 4.79 Å². The maximum Gasteiger partial charge on any atom is 0.253 e. The molecule has 1 saturated heterocycles. The number of ether oxygens (including phenoxy) is 1. The number of aromatic nitrogens is 3. The van der Waals surface area contributed by atoms with E-state index in [0.29, 0.717) is 18.8 Å². The molecule has 0 aliphatic carbocycles. The zero-order valence-corrected chi connectivity index (χ0v) is 16.7. The van der Waals surface area contributed by atoms with Gasteiger partial charge >= 0.3 is 0 Å². The second-order valence-electron chi connectivity index (χ2n) is 7.10. The lowest BCUT2D eigenvalue weighted by Crippen LogP contribution is -2.38. The molecular formula is C22H25N5O2. The summed E-state index contributed by atoms with van der Waals surface area (Å²) in [6.07, 6.45) is 3.53. The van der Waals surface area contributed by atoms with Crippen LogP contribution in [0.3, 0.4) is 0 Å². The average Bonchev–Trinajstić information content (AvgIpc) is 3.16. The number of morpholine rings is 1. The van der Waals surface area contributed by atoms with Crippen molar-refractivity contribution >= 4 is 11.6 Å². The number of benzene rings is 1. The highest BCUT2D eigenvalue weighted by Crippen LogP contribution is 2.24. The minimum absolute atomic E-state index is 0.0930. The van der Waals surface area contributed by atoms with Crippen molar-refractivity contribution in [2.24, 2.45) is 0 Å². The number of anilines is 1. The monoisotopic (exact) mass is 391 g/mol. The predicted octanol–water partition coefficient (Wildman–Crippen LogP) is 2.90. The first-order chi connectivity index (χ1) is 14.1. The van der Waals surface area contributed by atoms with Crippen LogP contribution in [0.15, 0.2) is 54.9 Å². The summed E-state index contributed by atoms with van der Waals surface area (Å²) >= 11 is 0. The lowest BCUT2D eigenvalue weighted by Gasteiger charge is -2.30. The van der Waals surface area contributed by atoms with Crippen LogP contribution in [0.2, 0.25) is 0 Å². The first kappa shape index (κ1) is 19.1. The number of rotatable bonds is 5. The van der Waals surface area contributed by atoms with Gasteiger partial charge in [0.2, 0.25) is 0 Å². The molecule has 1 unspecified atom stereocenters. The molecular weight excluding hydrogens is 366 g/mol. The summed E-state index contributed by atoms with van der Waals surface area (Å²) in [6, 6.07) is 13.3. The fraction of sp³-hybridized carbons (Fsp3) is 0.318. The minimum atomic E-state index is -0.183. The summed E-state index contributed by atoms with van der Waals surface area (Å²) in [6.45, 7) is 6.89. The minimum Gasteiger partial charge on any atom is -0.378 e. The van der Waals surface area contributed by atoms with Crippen LogP contribution in [0.25, 0.3) is 5.82 Å². The quantitative estimate of drug-likeness (QED) is 0.724. The molecule has 7 heteroatoms. The largest absolute Gasteiger partial charge is 0.378 e. The molecule has 0 bridgehead atoms. The highest BCUT2D eigenvalue weighted by molar-refractivity contribution is 6.00. The zero-order valence-electron chi connectivity index (χ0n) is 16.7. The van der Waals surface area contributed by atoms with Crippen molar-refractivity contribution in [3.63, 3.8) is 0 Å². The fourth-order valence-corrected chi connectivity index (χ4v) is 3.66. The third-order valence-corrected chi connectivity index (χ3v) is 5.23. The number of carbonyl (C=O) groups excluding carboxylic acids is 1. The van der Waals surface area contributed by atoms with Gasteiger partial charge in [0.05, 0.1) is 31.0 Å². The standard InChI is InChI=1S/C22H25N5O2/c1-16(19-15-24-27(17(19)2)21-9-5-6-10-23-21)25-22(28)18-7-3-4-8-20(18)26-11-13-29-14-12-26/h3-10,15-16H,11-14H2,1-2H3,(H,25,28). The molecule has 0 radical (unpaired) electrons. The van der Waals surface area contributed by atoms with Crippen LogP contribution in [0.1, 0.15) is 34.6 Å². The van der Waals surface area contributed by atoms with Gasteiger partial charge in [0, 0.05) is 36.2 Å². The number of hydrogen-bond donors (Lipinski definition) is 1. The van der Waals surface area contributed by atoms with Crippen LogP contribution in [0.5, 0.6) is 0 Å². The Morgan fingerprint density at radius 3 is 2.66 bits per heavy atom. The highest BCUT2D eigenvalue weighted by Gasteiger charge is 2.21. The Kier molecular flexibility index (Phi) is 5.57. The number of amides is 1. The van der Waals surface area contributed by atoms with Gasteiger partial charge in [-0.25, -0.2) is 9.67 Å². The maximum absolute atomic E-state index is 13.1. The Morgan fingerprint density at radius 2 is 1.90 bits per heavy atom. The lowest BCUT2D eigenvalue weighted by atomic mass is 10.1. The lowest BCUT2D eigenvalue weighted by molar-refractivity contribution is 0.0938. The summed E-state index contributed by atoms with van der Waals surface area (Å²) in [5, 5.41) is 7.59. The molecule has 3 heterocycles. The van der Waals surface area contributed by atoms with E-state index in [4.69, 9.17) is 4.74 Å². The first-order valence-corrected chi connectivity index (χ1v) is 9.83. The SMILES string of the molecule is Cc1c(C(C)NC(=O)c2ccccc2N2CCOCC2)cnn1-c1ccccn1. The van der Waals surface area contributed by atoms with Crippen LogP contribution >= 0.6 is 0 Å². The van der Waals surface area contributed by atoms with E-state index in [1.165, 1.54) is 0 Å². The van der Waals surface area contributed by atoms with E-state index in [1.807, 2.05) is 56.3 Å². The van der Waals surface area contributed by atoms with Crippen LogP contribution in [-0.2, 0) is 4.74 Å². The molecule has 1 atom stereocenters. The third-order valence-electron chi connectivity index (χ3n) is 5.23. The molecule has 0 spiro atoms. The molecule has 29 heavy (non-hydrogen) atoms. The molecule has 1 N–H and O–H groups in total. The number of carbonyl (C=O) groups is 1. The third kappa shape index (κ3) is 4.00. The van der Waals surface area contributed by atoms with Crippen molar-refractivity contribution < 1.29 is 9.53 Å². The smallest absolute Gasteiger partial charge is 0.253 e. The number of para-hydroxylation sites is 1. The molecule has 1 aliphatic heterocycles. The summed E-state index contributed by atoms with van der Waals surface area (Å²) in [5.41, 5.74) is 3.54. The van der Waals surface area contributed by atoms with E-state index < -0.39 is 0 Å². The topological polar surface area (TPSA) is 72.3 Å². The van der Waals surface area contributed by atoms with Crippen molar-refractivity contribution in [2.75, 3.05) is 31.2 Å². The van der Waals surface area contributed by atoms with Crippen molar-refractivity contribution in [2.45, 2.75) is 19.9 Å². The Bertz CT molecular complexity index is 980. The predicted molar refractivity (Wildman–Crippen MR) is 111 cm³/mol. The van der Waals surface area contributed by atoms with Gasteiger partial charge in [0.15, 0.2) is 5.82 Å². The number of hydrogen-bond acceptors (Lipinski definition) is 5. The first-order valence-electron chi connectivity index (χ1n) is 9.83. The molecule has 0 saturated carbocycles. The van der Waals surface area contributed by atoms with Gasteiger partial charge in [0.25, 0.3) is 5.91 Å². The van der Waals surface area contributed by atoms with E-state index >= 15 is 0 Å². The van der Waals surface area contributed by atoms with E-state index in [1.54, 1.807) is 17.1 Å². The van der Waals surface area contributed by atoms with Gasteiger partial charge < -0.3 is 15.0 Å². The summed E-state index contributed by atoms with van der Waals surface area (Å²) in [7, 11) is 0. The molecule has 1 fully saturated rings. The van der Waals surface area contributed by atoms with E-state index in [0.717, 1.165) is 35.9 Å². The second kappa shape index (κ2) is 8.45. The highest BCUT2D eigenvalue weighted by atomic mass is 16.5. The van der Waals surface area contributed by atoms with Crippen LogP contribution in [-0.4, -0.2) is 47.0 Å². The second-order valence-corrected chi connectivity index (χ2v) is 7.10. The summed E-state index contributed by atoms with van der Waals surface area (Å²) in [4.78, 5) is 19.6. The van der Waals surface area contributed by atoms with Gasteiger partial charge in [-0.1, -0.05) is 18.2 Å². The molecule has 7 nitrogen and oxygen atoms in total. The van der Waals surface area contributed by atoms with E-state index in [9.17, 15) is 4.79 Å². The Balaban J connectivity index is 1.53. The summed E-state index contributed by atoms with van der Waals surface area (Å²) in [5.74, 6) is 0.664. The van der Waals surface area contributed by atoms with Crippen LogP contribution in [0.4, 0.5) is 5.69 Å². The van der Waals surface area contributed by atoms with E-state index in [-0.39, 0.29) is 11.9 Å². The molecule has 4 rings (SSSR count). The molecule has 150 valence electrons. The Morgan fingerprint density at radius 1 is 1.14 bits per heavy atom. The average molecular weight is 391 g/mol.